The summed E-state index contributed by atoms with van der Waals surface area (Å²) < 4.78 is 9.26. The number of aromatic nitrogens is 3. The largest absolute Gasteiger partial charge is 0.464 e. The van der Waals surface area contributed by atoms with E-state index in [1.165, 1.54) is 14.2 Å². The van der Waals surface area contributed by atoms with E-state index in [1.54, 1.807) is 12.1 Å². The lowest BCUT2D eigenvalue weighted by Crippen LogP contribution is -2.15. The Labute approximate surface area is 133 Å². The normalized spacial score (nSPS) is 10.1. The predicted molar refractivity (Wildman–Crippen MR) is 82.3 cm³/mol. The van der Waals surface area contributed by atoms with Crippen molar-refractivity contribution in [2.24, 2.45) is 0 Å². The van der Waals surface area contributed by atoms with E-state index in [0.717, 1.165) is 5.69 Å². The van der Waals surface area contributed by atoms with Crippen LogP contribution in [0, 0.1) is 0 Å². The van der Waals surface area contributed by atoms with Gasteiger partial charge in [0.15, 0.2) is 5.69 Å². The minimum absolute atomic E-state index is 0.0715. The van der Waals surface area contributed by atoms with Gasteiger partial charge in [-0.2, -0.15) is 0 Å². The van der Waals surface area contributed by atoms with E-state index < -0.39 is 11.9 Å². The van der Waals surface area contributed by atoms with Crippen LogP contribution >= 0.6 is 0 Å². The fourth-order valence-corrected chi connectivity index (χ4v) is 1.86. The number of hydrogen-bond donors (Lipinski definition) is 0. The van der Waals surface area contributed by atoms with Crippen LogP contribution in [0.5, 0.6) is 0 Å². The summed E-state index contributed by atoms with van der Waals surface area (Å²) in [6.45, 7) is 0. The molecule has 0 saturated carbocycles. The second kappa shape index (κ2) is 6.82. The second-order valence-corrected chi connectivity index (χ2v) is 4.76. The summed E-state index contributed by atoms with van der Waals surface area (Å²) in [6.07, 6.45) is 0. The Kier molecular flexibility index (Phi) is 4.85. The molecule has 0 radical (unpaired) electrons. The van der Waals surface area contributed by atoms with Crippen molar-refractivity contribution in [3.63, 3.8) is 0 Å². The number of benzene rings is 1. The number of carbonyl (C=O) groups is 2. The highest BCUT2D eigenvalue weighted by Gasteiger charge is 2.21. The molecular weight excluding hydrogens is 300 g/mol. The van der Waals surface area contributed by atoms with Crippen molar-refractivity contribution in [3.8, 4) is 11.3 Å². The van der Waals surface area contributed by atoms with Gasteiger partial charge in [0, 0.05) is 25.3 Å². The Hall–Kier alpha value is -3.03. The molecule has 0 aliphatic carbocycles. The van der Waals surface area contributed by atoms with E-state index >= 15 is 0 Å². The molecule has 1 aromatic heterocycles. The molecule has 0 spiro atoms. The Morgan fingerprint density at radius 1 is 0.957 bits per heavy atom. The standard InChI is InChI=1S/C15H16N4O4/c1-19(2)10-7-5-9(6-8-10)11-12(14(20)22-3)17-18-13(16-11)15(21)23-4/h5-8H,1-4H3. The number of esters is 2. The number of carbonyl (C=O) groups excluding carboxylic acids is 2. The molecule has 0 unspecified atom stereocenters. The average molecular weight is 316 g/mol. The zero-order valence-electron chi connectivity index (χ0n) is 13.2. The van der Waals surface area contributed by atoms with Crippen LogP contribution < -0.4 is 4.90 Å². The van der Waals surface area contributed by atoms with Crippen LogP contribution in [0.2, 0.25) is 0 Å². The molecule has 8 nitrogen and oxygen atoms in total. The highest BCUT2D eigenvalue weighted by molar-refractivity contribution is 5.95. The fourth-order valence-electron chi connectivity index (χ4n) is 1.86. The smallest absolute Gasteiger partial charge is 0.378 e. The monoisotopic (exact) mass is 316 g/mol. The number of hydrogen-bond acceptors (Lipinski definition) is 8. The highest BCUT2D eigenvalue weighted by atomic mass is 16.5. The maximum atomic E-state index is 11.8. The van der Waals surface area contributed by atoms with E-state index in [1.807, 2.05) is 31.1 Å². The minimum Gasteiger partial charge on any atom is -0.464 e. The fraction of sp³-hybridized carbons (Fsp3) is 0.267. The molecule has 23 heavy (non-hydrogen) atoms. The number of ether oxygens (including phenoxy) is 2. The first-order valence-corrected chi connectivity index (χ1v) is 6.67. The van der Waals surface area contributed by atoms with Gasteiger partial charge in [-0.1, -0.05) is 12.1 Å². The van der Waals surface area contributed by atoms with Crippen LogP contribution in [-0.4, -0.2) is 55.4 Å². The van der Waals surface area contributed by atoms with Crippen molar-refractivity contribution >= 4 is 17.6 Å². The summed E-state index contributed by atoms with van der Waals surface area (Å²) in [5, 5.41) is 7.36. The van der Waals surface area contributed by atoms with Crippen molar-refractivity contribution in [3.05, 3.63) is 35.8 Å². The number of anilines is 1. The van der Waals surface area contributed by atoms with Gasteiger partial charge in [-0.3, -0.25) is 0 Å². The third kappa shape index (κ3) is 3.42. The van der Waals surface area contributed by atoms with Crippen molar-refractivity contribution in [2.45, 2.75) is 0 Å². The number of methoxy groups -OCH3 is 2. The molecule has 120 valence electrons. The Balaban J connectivity index is 2.56. The third-order valence-electron chi connectivity index (χ3n) is 3.09. The summed E-state index contributed by atoms with van der Waals surface area (Å²) >= 11 is 0. The Bertz CT molecular complexity index is 729. The average Bonchev–Trinajstić information content (AvgIpc) is 2.59. The van der Waals surface area contributed by atoms with E-state index in [2.05, 4.69) is 24.7 Å². The van der Waals surface area contributed by atoms with Gasteiger partial charge < -0.3 is 14.4 Å². The molecular formula is C15H16N4O4. The van der Waals surface area contributed by atoms with Crippen LogP contribution in [0.3, 0.4) is 0 Å². The second-order valence-electron chi connectivity index (χ2n) is 4.76. The van der Waals surface area contributed by atoms with Gasteiger partial charge in [-0.05, 0) is 12.1 Å². The minimum atomic E-state index is -0.736. The van der Waals surface area contributed by atoms with Gasteiger partial charge in [0.25, 0.3) is 5.82 Å². The maximum Gasteiger partial charge on any atom is 0.378 e. The summed E-state index contributed by atoms with van der Waals surface area (Å²) in [5.74, 6) is -1.65. The van der Waals surface area contributed by atoms with Crippen LogP contribution in [0.1, 0.15) is 21.1 Å². The molecule has 0 fully saturated rings. The van der Waals surface area contributed by atoms with Gasteiger partial charge in [0.1, 0.15) is 5.69 Å². The van der Waals surface area contributed by atoms with Crippen molar-refractivity contribution < 1.29 is 19.1 Å². The molecule has 0 N–H and O–H groups in total. The van der Waals surface area contributed by atoms with Crippen LogP contribution in [0.4, 0.5) is 5.69 Å². The van der Waals surface area contributed by atoms with Crippen LogP contribution in [0.15, 0.2) is 24.3 Å². The zero-order chi connectivity index (χ0) is 17.0. The molecule has 1 aromatic carbocycles. The molecule has 2 rings (SSSR count). The molecule has 0 amide bonds. The molecule has 0 aliphatic heterocycles. The van der Waals surface area contributed by atoms with Gasteiger partial charge in [-0.25, -0.2) is 14.6 Å². The van der Waals surface area contributed by atoms with Crippen molar-refractivity contribution in [1.29, 1.82) is 0 Å². The van der Waals surface area contributed by atoms with Crippen LogP contribution in [0.25, 0.3) is 11.3 Å². The topological polar surface area (TPSA) is 94.5 Å². The first-order valence-electron chi connectivity index (χ1n) is 6.67. The first-order chi connectivity index (χ1) is 11.0. The molecule has 0 saturated heterocycles. The third-order valence-corrected chi connectivity index (χ3v) is 3.09. The van der Waals surface area contributed by atoms with Gasteiger partial charge >= 0.3 is 11.9 Å². The summed E-state index contributed by atoms with van der Waals surface area (Å²) in [5.41, 5.74) is 1.72. The lowest BCUT2D eigenvalue weighted by molar-refractivity contribution is 0.0568. The molecule has 2 aromatic rings. The van der Waals surface area contributed by atoms with E-state index in [-0.39, 0.29) is 17.2 Å². The lowest BCUT2D eigenvalue weighted by atomic mass is 10.1. The molecule has 0 atom stereocenters. The first kappa shape index (κ1) is 16.3. The molecule has 1 heterocycles. The van der Waals surface area contributed by atoms with Gasteiger partial charge in [0.05, 0.1) is 14.2 Å². The highest BCUT2D eigenvalue weighted by Crippen LogP contribution is 2.23. The predicted octanol–water partition coefficient (Wildman–Crippen LogP) is 1.18. The van der Waals surface area contributed by atoms with E-state index in [0.29, 0.717) is 5.56 Å². The summed E-state index contributed by atoms with van der Waals surface area (Å²) in [7, 11) is 6.27. The molecule has 0 aliphatic rings. The van der Waals surface area contributed by atoms with Gasteiger partial charge in [-0.15, -0.1) is 10.2 Å². The molecule has 8 heteroatoms. The number of rotatable bonds is 4. The van der Waals surface area contributed by atoms with E-state index in [4.69, 9.17) is 0 Å². The van der Waals surface area contributed by atoms with E-state index in [9.17, 15) is 9.59 Å². The zero-order valence-corrected chi connectivity index (χ0v) is 13.2. The SMILES string of the molecule is COC(=O)c1nnc(C(=O)OC)c(-c2ccc(N(C)C)cc2)n1. The lowest BCUT2D eigenvalue weighted by Gasteiger charge is -2.13. The van der Waals surface area contributed by atoms with Crippen molar-refractivity contribution in [2.75, 3.05) is 33.2 Å². The van der Waals surface area contributed by atoms with Crippen molar-refractivity contribution in [1.82, 2.24) is 15.2 Å². The number of nitrogens with zero attached hydrogens (tertiary/aromatic N) is 4. The summed E-state index contributed by atoms with van der Waals surface area (Å²) in [6, 6.07) is 7.26. The van der Waals surface area contributed by atoms with Gasteiger partial charge in [0.2, 0.25) is 0 Å². The van der Waals surface area contributed by atoms with Crippen LogP contribution in [-0.2, 0) is 9.47 Å². The summed E-state index contributed by atoms with van der Waals surface area (Å²) in [4.78, 5) is 29.5. The molecule has 0 bridgehead atoms. The Morgan fingerprint density at radius 2 is 1.57 bits per heavy atom. The maximum absolute atomic E-state index is 11.8. The Morgan fingerprint density at radius 3 is 2.09 bits per heavy atom. The quantitative estimate of drug-likeness (QED) is 0.776.